The van der Waals surface area contributed by atoms with Gasteiger partial charge in [0.15, 0.2) is 0 Å². The fourth-order valence-electron chi connectivity index (χ4n) is 4.47. The fraction of sp³-hybridized carbons (Fsp3) is 0.259. The summed E-state index contributed by atoms with van der Waals surface area (Å²) in [5, 5.41) is 18.3. The monoisotopic (exact) mass is 459 g/mol. The lowest BCUT2D eigenvalue weighted by molar-refractivity contribution is -0.0261. The number of carbonyl (C=O) groups is 1. The Balaban J connectivity index is 1.46. The number of rotatable bonds is 5. The molecule has 2 N–H and O–H groups in total. The van der Waals surface area contributed by atoms with Crippen LogP contribution in [0.2, 0.25) is 0 Å². The number of hydrogen-bond donors (Lipinski definition) is 2. The largest absolute Gasteiger partial charge is 0.389 e. The van der Waals surface area contributed by atoms with E-state index in [1.807, 2.05) is 55.8 Å². The molecular formula is C27H26FN3O3. The third-order valence-corrected chi connectivity index (χ3v) is 6.34. The predicted octanol–water partition coefficient (Wildman–Crippen LogP) is 3.85. The zero-order valence-corrected chi connectivity index (χ0v) is 18.9. The minimum absolute atomic E-state index is 0.0145. The molecule has 0 saturated carbocycles. The van der Waals surface area contributed by atoms with Gasteiger partial charge in [-0.15, -0.1) is 0 Å². The minimum atomic E-state index is -0.806. The second-order valence-corrected chi connectivity index (χ2v) is 8.73. The van der Waals surface area contributed by atoms with E-state index in [1.165, 1.54) is 0 Å². The van der Waals surface area contributed by atoms with Crippen molar-refractivity contribution in [1.82, 2.24) is 15.1 Å². The van der Waals surface area contributed by atoms with Gasteiger partial charge in [-0.25, -0.2) is 4.39 Å². The van der Waals surface area contributed by atoms with E-state index in [4.69, 9.17) is 4.74 Å². The molecule has 1 fully saturated rings. The minimum Gasteiger partial charge on any atom is -0.389 e. The lowest BCUT2D eigenvalue weighted by Gasteiger charge is -2.28. The van der Waals surface area contributed by atoms with Gasteiger partial charge < -0.3 is 15.2 Å². The van der Waals surface area contributed by atoms with Gasteiger partial charge in [-0.2, -0.15) is 5.10 Å². The van der Waals surface area contributed by atoms with Gasteiger partial charge in [0, 0.05) is 30.8 Å². The Morgan fingerprint density at radius 3 is 2.65 bits per heavy atom. The first-order valence-electron chi connectivity index (χ1n) is 11.3. The topological polar surface area (TPSA) is 76.4 Å². The molecular weight excluding hydrogens is 433 g/mol. The molecule has 174 valence electrons. The molecule has 2 heterocycles. The van der Waals surface area contributed by atoms with Crippen LogP contribution in [0.15, 0.2) is 67.0 Å². The second-order valence-electron chi connectivity index (χ2n) is 8.73. The number of amides is 1. The Labute approximate surface area is 197 Å². The summed E-state index contributed by atoms with van der Waals surface area (Å²) in [5.41, 5.74) is 4.00. The summed E-state index contributed by atoms with van der Waals surface area (Å²) in [7, 11) is 1.88. The zero-order valence-electron chi connectivity index (χ0n) is 18.9. The third-order valence-electron chi connectivity index (χ3n) is 6.34. The highest BCUT2D eigenvalue weighted by Gasteiger charge is 2.27. The summed E-state index contributed by atoms with van der Waals surface area (Å²) in [5.74, 6) is -1.08. The molecule has 1 saturated heterocycles. The maximum atomic E-state index is 15.4. The molecule has 2 unspecified atom stereocenters. The number of fused-ring (bicyclic) bond motifs is 1. The SMILES string of the molecule is Cn1cc(-c2ccc(Cc3cc(C(=O)NC4CCOCC4O)c(F)c4ccccc34)cc2)cn1. The van der Waals surface area contributed by atoms with Crippen LogP contribution in [0.4, 0.5) is 4.39 Å². The summed E-state index contributed by atoms with van der Waals surface area (Å²) in [6.45, 7) is 0.605. The summed E-state index contributed by atoms with van der Waals surface area (Å²) in [6, 6.07) is 16.5. The summed E-state index contributed by atoms with van der Waals surface area (Å²) in [4.78, 5) is 13.0. The number of aryl methyl sites for hydroxylation is 1. The van der Waals surface area contributed by atoms with Gasteiger partial charge in [-0.3, -0.25) is 9.48 Å². The van der Waals surface area contributed by atoms with E-state index >= 15 is 4.39 Å². The molecule has 1 amide bonds. The Kier molecular flexibility index (Phi) is 6.13. The number of ether oxygens (including phenoxy) is 1. The van der Waals surface area contributed by atoms with Crippen LogP contribution in [-0.4, -0.2) is 46.2 Å². The van der Waals surface area contributed by atoms with Crippen LogP contribution < -0.4 is 5.32 Å². The van der Waals surface area contributed by atoms with E-state index in [9.17, 15) is 9.90 Å². The van der Waals surface area contributed by atoms with Crippen molar-refractivity contribution in [1.29, 1.82) is 0 Å². The molecule has 5 rings (SSSR count). The highest BCUT2D eigenvalue weighted by molar-refractivity contribution is 6.00. The van der Waals surface area contributed by atoms with Crippen LogP contribution in [0, 0.1) is 5.82 Å². The van der Waals surface area contributed by atoms with Gasteiger partial charge in [0.1, 0.15) is 5.82 Å². The molecule has 0 radical (unpaired) electrons. The summed E-state index contributed by atoms with van der Waals surface area (Å²) >= 11 is 0. The Morgan fingerprint density at radius 1 is 1.18 bits per heavy atom. The molecule has 0 aliphatic carbocycles. The van der Waals surface area contributed by atoms with Crippen molar-refractivity contribution in [2.75, 3.05) is 13.2 Å². The predicted molar refractivity (Wildman–Crippen MR) is 128 cm³/mol. The average molecular weight is 460 g/mol. The van der Waals surface area contributed by atoms with Crippen molar-refractivity contribution < 1.29 is 19.0 Å². The van der Waals surface area contributed by atoms with Crippen molar-refractivity contribution in [2.45, 2.75) is 25.0 Å². The lowest BCUT2D eigenvalue weighted by Crippen LogP contribution is -2.48. The third kappa shape index (κ3) is 4.44. The molecule has 2 atom stereocenters. The Morgan fingerprint density at radius 2 is 1.94 bits per heavy atom. The fourth-order valence-corrected chi connectivity index (χ4v) is 4.47. The number of aliphatic hydroxyl groups is 1. The van der Waals surface area contributed by atoms with E-state index in [-0.39, 0.29) is 12.2 Å². The molecule has 6 nitrogen and oxygen atoms in total. The Hall–Kier alpha value is -3.55. The van der Waals surface area contributed by atoms with Crippen LogP contribution in [0.1, 0.15) is 27.9 Å². The summed E-state index contributed by atoms with van der Waals surface area (Å²) < 4.78 is 22.4. The molecule has 34 heavy (non-hydrogen) atoms. The number of halogens is 1. The van der Waals surface area contributed by atoms with E-state index in [2.05, 4.69) is 10.4 Å². The van der Waals surface area contributed by atoms with Crippen LogP contribution >= 0.6 is 0 Å². The van der Waals surface area contributed by atoms with Crippen molar-refractivity contribution in [3.8, 4) is 11.1 Å². The maximum Gasteiger partial charge on any atom is 0.254 e. The Bertz CT molecular complexity index is 1330. The number of benzene rings is 3. The first kappa shape index (κ1) is 22.3. The van der Waals surface area contributed by atoms with E-state index in [0.717, 1.165) is 27.6 Å². The smallest absolute Gasteiger partial charge is 0.254 e. The van der Waals surface area contributed by atoms with Crippen LogP contribution in [0.5, 0.6) is 0 Å². The molecule has 0 spiro atoms. The van der Waals surface area contributed by atoms with Crippen LogP contribution in [0.25, 0.3) is 21.9 Å². The van der Waals surface area contributed by atoms with Crippen LogP contribution in [-0.2, 0) is 18.2 Å². The van der Waals surface area contributed by atoms with Gasteiger partial charge >= 0.3 is 0 Å². The van der Waals surface area contributed by atoms with Crippen molar-refractivity contribution >= 4 is 16.7 Å². The van der Waals surface area contributed by atoms with Crippen LogP contribution in [0.3, 0.4) is 0 Å². The van der Waals surface area contributed by atoms with E-state index in [0.29, 0.717) is 24.8 Å². The first-order chi connectivity index (χ1) is 16.5. The molecule has 0 bridgehead atoms. The molecule has 3 aromatic carbocycles. The molecule has 1 aromatic heterocycles. The average Bonchev–Trinajstić information content (AvgIpc) is 3.29. The van der Waals surface area contributed by atoms with E-state index < -0.39 is 23.9 Å². The van der Waals surface area contributed by atoms with Crippen molar-refractivity contribution in [3.05, 3.63) is 89.5 Å². The quantitative estimate of drug-likeness (QED) is 0.475. The first-order valence-corrected chi connectivity index (χ1v) is 11.3. The standard InChI is InChI=1S/C27H26FN3O3/c1-31-15-20(14-29-31)18-8-6-17(7-9-18)12-19-13-23(26(28)22-5-3-2-4-21(19)22)27(33)30-24-10-11-34-16-25(24)32/h2-9,13-15,24-25,32H,10-12,16H2,1H3,(H,30,33). The summed E-state index contributed by atoms with van der Waals surface area (Å²) in [6.07, 6.45) is 4.01. The van der Waals surface area contributed by atoms with Gasteiger partial charge in [0.05, 0.1) is 30.5 Å². The lowest BCUT2D eigenvalue weighted by atomic mass is 9.94. The van der Waals surface area contributed by atoms with E-state index in [1.54, 1.807) is 22.9 Å². The number of aromatic nitrogens is 2. The normalized spacial score (nSPS) is 18.2. The van der Waals surface area contributed by atoms with Crippen molar-refractivity contribution in [3.63, 3.8) is 0 Å². The molecule has 1 aliphatic rings. The molecule has 7 heteroatoms. The molecule has 4 aromatic rings. The van der Waals surface area contributed by atoms with Gasteiger partial charge in [-0.1, -0.05) is 48.5 Å². The number of nitrogens with zero attached hydrogens (tertiary/aromatic N) is 2. The number of carbonyl (C=O) groups excluding carboxylic acids is 1. The number of hydrogen-bond acceptors (Lipinski definition) is 4. The highest BCUT2D eigenvalue weighted by atomic mass is 19.1. The number of nitrogens with one attached hydrogen (secondary N) is 1. The molecule has 1 aliphatic heterocycles. The highest BCUT2D eigenvalue weighted by Crippen LogP contribution is 2.28. The van der Waals surface area contributed by atoms with Gasteiger partial charge in [0.2, 0.25) is 0 Å². The zero-order chi connectivity index (χ0) is 23.7. The van der Waals surface area contributed by atoms with Gasteiger partial charge in [-0.05, 0) is 41.0 Å². The number of aliphatic hydroxyl groups excluding tert-OH is 1. The van der Waals surface area contributed by atoms with Gasteiger partial charge in [0.25, 0.3) is 5.91 Å². The van der Waals surface area contributed by atoms with Crippen molar-refractivity contribution in [2.24, 2.45) is 7.05 Å². The maximum absolute atomic E-state index is 15.4. The second kappa shape index (κ2) is 9.37.